The number of carbonyl (C=O) groups is 1. The van der Waals surface area contributed by atoms with E-state index in [9.17, 15) is 4.79 Å². The van der Waals surface area contributed by atoms with Gasteiger partial charge in [0.15, 0.2) is 0 Å². The summed E-state index contributed by atoms with van der Waals surface area (Å²) in [4.78, 5) is 20.3. The van der Waals surface area contributed by atoms with Crippen LogP contribution in [0.3, 0.4) is 0 Å². The van der Waals surface area contributed by atoms with Crippen molar-refractivity contribution in [2.75, 3.05) is 6.54 Å². The zero-order chi connectivity index (χ0) is 22.9. The molecule has 0 bridgehead atoms. The van der Waals surface area contributed by atoms with Crippen LogP contribution in [0.1, 0.15) is 103 Å². The fourth-order valence-corrected chi connectivity index (χ4v) is 3.96. The molecule has 180 valence electrons. The van der Waals surface area contributed by atoms with E-state index in [0.717, 1.165) is 37.9 Å². The highest BCUT2D eigenvalue weighted by atomic mass is 16.2. The molecule has 1 atom stereocenters. The Hall–Kier alpha value is -2.25. The Labute approximate surface area is 193 Å². The first-order valence-corrected chi connectivity index (χ1v) is 12.7. The minimum absolute atomic E-state index is 0.00324. The molecule has 3 N–H and O–H groups in total. The maximum absolute atomic E-state index is 12.1. The number of nitrogens with one attached hydrogen (secondary N) is 1. The Kier molecular flexibility index (Phi) is 13.3. The van der Waals surface area contributed by atoms with Gasteiger partial charge in [-0.25, -0.2) is 14.7 Å². The molecule has 2 heterocycles. The lowest BCUT2D eigenvalue weighted by atomic mass is 10.1. The van der Waals surface area contributed by atoms with Crippen molar-refractivity contribution in [2.45, 2.75) is 116 Å². The Morgan fingerprint density at radius 3 is 2.28 bits per heavy atom. The van der Waals surface area contributed by atoms with Crippen LogP contribution in [0.25, 0.3) is 0 Å². The normalized spacial score (nSPS) is 15.3. The molecule has 1 aromatic rings. The lowest BCUT2D eigenvalue weighted by molar-refractivity contribution is -0.121. The lowest BCUT2D eigenvalue weighted by Crippen LogP contribution is -2.28. The number of amides is 1. The summed E-state index contributed by atoms with van der Waals surface area (Å²) < 4.78 is 1.61. The molecule has 1 amide bonds. The van der Waals surface area contributed by atoms with E-state index in [1.165, 1.54) is 70.6 Å². The van der Waals surface area contributed by atoms with Crippen LogP contribution in [0.2, 0.25) is 0 Å². The van der Waals surface area contributed by atoms with E-state index >= 15 is 0 Å². The van der Waals surface area contributed by atoms with E-state index in [-0.39, 0.29) is 18.5 Å². The molecule has 1 aromatic heterocycles. The molecule has 1 unspecified atom stereocenters. The molecule has 8 nitrogen and oxygen atoms in total. The molecule has 0 fully saturated rings. The number of nitrogens with zero attached hydrogens (tertiary/aromatic N) is 5. The van der Waals surface area contributed by atoms with E-state index in [2.05, 4.69) is 32.5 Å². The second-order valence-corrected chi connectivity index (χ2v) is 8.87. The van der Waals surface area contributed by atoms with Gasteiger partial charge in [-0.1, -0.05) is 82.8 Å². The van der Waals surface area contributed by atoms with Gasteiger partial charge in [0.05, 0.1) is 11.7 Å². The van der Waals surface area contributed by atoms with Crippen LogP contribution >= 0.6 is 0 Å². The minimum atomic E-state index is -0.00324. The molecule has 1 aliphatic heterocycles. The lowest BCUT2D eigenvalue weighted by Gasteiger charge is -2.05. The summed E-state index contributed by atoms with van der Waals surface area (Å²) in [6.45, 7) is 3.23. The van der Waals surface area contributed by atoms with Crippen molar-refractivity contribution in [2.24, 2.45) is 15.7 Å². The van der Waals surface area contributed by atoms with Gasteiger partial charge in [0.2, 0.25) is 11.9 Å². The van der Waals surface area contributed by atoms with Crippen molar-refractivity contribution in [3.63, 3.8) is 0 Å². The Morgan fingerprint density at radius 2 is 1.66 bits per heavy atom. The number of unbranched alkanes of at least 4 members (excludes halogenated alkanes) is 11. The molecule has 0 aliphatic carbocycles. The van der Waals surface area contributed by atoms with Crippen molar-refractivity contribution < 1.29 is 4.79 Å². The molecule has 8 heteroatoms. The first-order chi connectivity index (χ1) is 15.7. The standard InChI is InChI=1S/C24H43N7O/c1-2-3-4-5-6-7-8-9-10-11-12-13-17-26-23(32)20-31-19-22(29-30-31)16-14-15-21-18-27-24(25)28-21/h18-19,21H,2-17,20H2,1H3,(H2,25,28)(H,26,32). The molecule has 0 saturated heterocycles. The van der Waals surface area contributed by atoms with Gasteiger partial charge in [-0.05, 0) is 25.7 Å². The van der Waals surface area contributed by atoms with Gasteiger partial charge in [-0.3, -0.25) is 4.79 Å². The molecule has 2 rings (SSSR count). The number of hydrogen-bond acceptors (Lipinski definition) is 6. The van der Waals surface area contributed by atoms with Crippen LogP contribution in [0.4, 0.5) is 0 Å². The molecule has 0 aromatic carbocycles. The predicted octanol–water partition coefficient (Wildman–Crippen LogP) is 4.19. The van der Waals surface area contributed by atoms with E-state index in [0.29, 0.717) is 5.96 Å². The smallest absolute Gasteiger partial charge is 0.241 e. The Bertz CT molecular complexity index is 698. The van der Waals surface area contributed by atoms with Crippen molar-refractivity contribution in [1.82, 2.24) is 20.3 Å². The van der Waals surface area contributed by atoms with Crippen LogP contribution in [0.15, 0.2) is 16.2 Å². The van der Waals surface area contributed by atoms with E-state index in [1.807, 2.05) is 6.20 Å². The van der Waals surface area contributed by atoms with Crippen molar-refractivity contribution in [3.8, 4) is 0 Å². The molecule has 0 saturated carbocycles. The van der Waals surface area contributed by atoms with Gasteiger partial charge in [-0.2, -0.15) is 0 Å². The Morgan fingerprint density at radius 1 is 1.00 bits per heavy atom. The molecular weight excluding hydrogens is 402 g/mol. The van der Waals surface area contributed by atoms with Gasteiger partial charge in [-0.15, -0.1) is 5.10 Å². The average molecular weight is 446 g/mol. The summed E-state index contributed by atoms with van der Waals surface area (Å²) in [5.41, 5.74) is 6.44. The fourth-order valence-electron chi connectivity index (χ4n) is 3.96. The van der Waals surface area contributed by atoms with Gasteiger partial charge >= 0.3 is 0 Å². The number of aliphatic imine (C=N–C) groups is 2. The Balaban J connectivity index is 1.41. The van der Waals surface area contributed by atoms with Crippen LogP contribution < -0.4 is 11.1 Å². The maximum atomic E-state index is 12.1. The third-order valence-electron chi connectivity index (χ3n) is 5.85. The molecule has 1 aliphatic rings. The fraction of sp³-hybridized carbons (Fsp3) is 0.792. The summed E-state index contributed by atoms with van der Waals surface area (Å²) in [7, 11) is 0. The third-order valence-corrected chi connectivity index (χ3v) is 5.85. The maximum Gasteiger partial charge on any atom is 0.241 e. The summed E-state index contributed by atoms with van der Waals surface area (Å²) in [6.07, 6.45) is 22.1. The summed E-state index contributed by atoms with van der Waals surface area (Å²) in [6, 6.07) is 0.0798. The highest BCUT2D eigenvalue weighted by Crippen LogP contribution is 2.12. The zero-order valence-electron chi connectivity index (χ0n) is 20.0. The molecular formula is C24H43N7O. The average Bonchev–Trinajstić information content (AvgIpc) is 3.40. The highest BCUT2D eigenvalue weighted by Gasteiger charge is 2.11. The third kappa shape index (κ3) is 12.0. The van der Waals surface area contributed by atoms with Gasteiger partial charge in [0, 0.05) is 19.0 Å². The summed E-state index contributed by atoms with van der Waals surface area (Å²) in [5, 5.41) is 11.2. The molecule has 0 spiro atoms. The highest BCUT2D eigenvalue weighted by molar-refractivity contribution is 5.93. The van der Waals surface area contributed by atoms with Crippen LogP contribution in [0, 0.1) is 0 Å². The second-order valence-electron chi connectivity index (χ2n) is 8.87. The SMILES string of the molecule is CCCCCCCCCCCCCCNC(=O)Cn1cc(CCCC2C=NC(N)=N2)nn1. The van der Waals surface area contributed by atoms with Crippen molar-refractivity contribution >= 4 is 18.1 Å². The predicted molar refractivity (Wildman–Crippen MR) is 131 cm³/mol. The number of aryl methyl sites for hydroxylation is 1. The first kappa shape index (κ1) is 26.0. The first-order valence-electron chi connectivity index (χ1n) is 12.7. The number of hydrogen-bond donors (Lipinski definition) is 2. The second kappa shape index (κ2) is 16.4. The summed E-state index contributed by atoms with van der Waals surface area (Å²) in [5.74, 6) is 0.354. The number of guanidine groups is 1. The topological polar surface area (TPSA) is 111 Å². The van der Waals surface area contributed by atoms with Crippen LogP contribution in [-0.4, -0.2) is 45.7 Å². The number of nitrogens with two attached hydrogens (primary N) is 1. The number of rotatable bonds is 19. The van der Waals surface area contributed by atoms with Gasteiger partial charge in [0.1, 0.15) is 6.54 Å². The van der Waals surface area contributed by atoms with Crippen LogP contribution in [-0.2, 0) is 17.8 Å². The van der Waals surface area contributed by atoms with Crippen LogP contribution in [0.5, 0.6) is 0 Å². The van der Waals surface area contributed by atoms with E-state index in [4.69, 9.17) is 5.73 Å². The van der Waals surface area contributed by atoms with Crippen molar-refractivity contribution in [3.05, 3.63) is 11.9 Å². The zero-order valence-corrected chi connectivity index (χ0v) is 20.0. The van der Waals surface area contributed by atoms with Gasteiger partial charge in [0.25, 0.3) is 0 Å². The minimum Gasteiger partial charge on any atom is -0.368 e. The van der Waals surface area contributed by atoms with Crippen molar-refractivity contribution in [1.29, 1.82) is 0 Å². The molecule has 32 heavy (non-hydrogen) atoms. The van der Waals surface area contributed by atoms with E-state index in [1.54, 1.807) is 10.9 Å². The quantitative estimate of drug-likeness (QED) is 0.311. The largest absolute Gasteiger partial charge is 0.368 e. The number of aromatic nitrogens is 3. The van der Waals surface area contributed by atoms with Gasteiger partial charge < -0.3 is 11.1 Å². The number of carbonyl (C=O) groups excluding carboxylic acids is 1. The molecule has 0 radical (unpaired) electrons. The van der Waals surface area contributed by atoms with E-state index < -0.39 is 0 Å². The summed E-state index contributed by atoms with van der Waals surface area (Å²) >= 11 is 0. The monoisotopic (exact) mass is 445 g/mol.